The summed E-state index contributed by atoms with van der Waals surface area (Å²) < 4.78 is 31.6. The number of halogens is 2. The van der Waals surface area contributed by atoms with Crippen molar-refractivity contribution >= 4 is 17.4 Å². The van der Waals surface area contributed by atoms with Crippen LogP contribution in [0.5, 0.6) is 5.75 Å². The van der Waals surface area contributed by atoms with Gasteiger partial charge in [0.05, 0.1) is 12.1 Å². The number of hydrogen-bond acceptors (Lipinski definition) is 3. The van der Waals surface area contributed by atoms with E-state index in [0.717, 1.165) is 5.41 Å². The Labute approximate surface area is 90.1 Å². The number of anilines is 1. The number of benzene rings is 1. The Kier molecular flexibility index (Phi) is 2.56. The molecule has 1 unspecified atom stereocenters. The van der Waals surface area contributed by atoms with Crippen LogP contribution in [0.3, 0.4) is 0 Å². The first kappa shape index (κ1) is 10.3. The molecule has 1 atom stereocenters. The summed E-state index contributed by atoms with van der Waals surface area (Å²) in [6.07, 6.45) is -0.383. The van der Waals surface area contributed by atoms with Crippen LogP contribution in [0.1, 0.15) is 6.42 Å². The lowest BCUT2D eigenvalue weighted by Crippen LogP contribution is -2.23. The zero-order valence-electron chi connectivity index (χ0n) is 7.74. The van der Waals surface area contributed by atoms with Crippen molar-refractivity contribution in [1.29, 1.82) is 0 Å². The first-order valence-corrected chi connectivity index (χ1v) is 5.22. The zero-order chi connectivity index (χ0) is 10.9. The van der Waals surface area contributed by atoms with Gasteiger partial charge < -0.3 is 10.5 Å². The highest BCUT2D eigenvalue weighted by Gasteiger charge is 2.39. The lowest BCUT2D eigenvalue weighted by Gasteiger charge is -2.20. The molecular formula is C10H9F2NOS. The number of nitrogen functional groups attached to an aromatic ring is 1. The molecule has 0 radical (unpaired) electrons. The highest BCUT2D eigenvalue weighted by molar-refractivity contribution is 8.03. The highest BCUT2D eigenvalue weighted by Crippen LogP contribution is 2.44. The summed E-state index contributed by atoms with van der Waals surface area (Å²) in [5.74, 6) is -0.285. The maximum Gasteiger partial charge on any atom is 0.307 e. The van der Waals surface area contributed by atoms with Crippen molar-refractivity contribution in [3.05, 3.63) is 35.5 Å². The van der Waals surface area contributed by atoms with Gasteiger partial charge in [0, 0.05) is 5.41 Å². The van der Waals surface area contributed by atoms with E-state index in [1.165, 1.54) is 0 Å². The smallest absolute Gasteiger partial charge is 0.307 e. The number of rotatable bonds is 2. The molecular weight excluding hydrogens is 220 g/mol. The van der Waals surface area contributed by atoms with Gasteiger partial charge in [0.15, 0.2) is 0 Å². The van der Waals surface area contributed by atoms with Crippen LogP contribution in [0.15, 0.2) is 35.5 Å². The molecule has 0 aromatic heterocycles. The number of hydrogen-bond donors (Lipinski definition) is 1. The molecule has 1 heterocycles. The minimum Gasteiger partial charge on any atom is -0.446 e. The number of thioether (sulfide) groups is 1. The molecule has 1 aliphatic rings. The van der Waals surface area contributed by atoms with E-state index in [4.69, 9.17) is 10.5 Å². The van der Waals surface area contributed by atoms with Gasteiger partial charge in [-0.25, -0.2) is 4.39 Å². The fraction of sp³-hybridized carbons (Fsp3) is 0.200. The lowest BCUT2D eigenvalue weighted by atomic mass is 10.3. The van der Waals surface area contributed by atoms with Crippen LogP contribution in [-0.2, 0) is 0 Å². The maximum absolute atomic E-state index is 13.8. The van der Waals surface area contributed by atoms with E-state index in [9.17, 15) is 8.78 Å². The van der Waals surface area contributed by atoms with E-state index in [2.05, 4.69) is 0 Å². The fourth-order valence-corrected chi connectivity index (χ4v) is 1.98. The predicted octanol–water partition coefficient (Wildman–Crippen LogP) is 3.22. The Balaban J connectivity index is 2.13. The molecule has 0 saturated heterocycles. The average Bonchev–Trinajstić information content (AvgIpc) is 2.51. The van der Waals surface area contributed by atoms with Gasteiger partial charge in [0.2, 0.25) is 0 Å². The van der Waals surface area contributed by atoms with Crippen molar-refractivity contribution in [2.75, 3.05) is 5.73 Å². The molecule has 80 valence electrons. The molecule has 0 amide bonds. The van der Waals surface area contributed by atoms with Gasteiger partial charge >= 0.3 is 5.19 Å². The van der Waals surface area contributed by atoms with Crippen molar-refractivity contribution < 1.29 is 13.5 Å². The molecule has 0 fully saturated rings. The van der Waals surface area contributed by atoms with Crippen LogP contribution in [0.4, 0.5) is 14.5 Å². The molecule has 2 rings (SSSR count). The Hall–Kier alpha value is -1.23. The summed E-state index contributed by atoms with van der Waals surface area (Å²) in [5, 5.41) is -0.960. The Morgan fingerprint density at radius 1 is 1.40 bits per heavy atom. The number of para-hydroxylation sites is 2. The molecule has 1 aliphatic heterocycles. The van der Waals surface area contributed by atoms with Gasteiger partial charge in [-0.2, -0.15) is 4.39 Å². The number of nitrogens with two attached hydrogens (primary N) is 1. The third-order valence-corrected chi connectivity index (χ3v) is 2.88. The van der Waals surface area contributed by atoms with E-state index in [1.807, 2.05) is 0 Å². The molecule has 0 spiro atoms. The average molecular weight is 229 g/mol. The lowest BCUT2D eigenvalue weighted by molar-refractivity contribution is 0.0305. The summed E-state index contributed by atoms with van der Waals surface area (Å²) >= 11 is 0.675. The standard InChI is InChI=1S/C10H9F2NOS/c11-7-5-10(12,15-6-7)14-9-4-2-1-3-8(9)13/h1-4,6H,5,13H2. The van der Waals surface area contributed by atoms with Gasteiger partial charge in [-0.1, -0.05) is 12.1 Å². The van der Waals surface area contributed by atoms with Crippen molar-refractivity contribution in [2.24, 2.45) is 0 Å². The Bertz CT molecular complexity index is 410. The van der Waals surface area contributed by atoms with E-state index in [0.29, 0.717) is 17.4 Å². The first-order chi connectivity index (χ1) is 7.09. The van der Waals surface area contributed by atoms with E-state index in [-0.39, 0.29) is 12.2 Å². The molecule has 15 heavy (non-hydrogen) atoms. The third kappa shape index (κ3) is 2.23. The van der Waals surface area contributed by atoms with Crippen LogP contribution in [0.25, 0.3) is 0 Å². The molecule has 2 N–H and O–H groups in total. The highest BCUT2D eigenvalue weighted by atomic mass is 32.2. The SMILES string of the molecule is Nc1ccccc1OC1(F)CC(F)=CS1. The molecule has 5 heteroatoms. The second-order valence-electron chi connectivity index (χ2n) is 3.16. The van der Waals surface area contributed by atoms with Crippen LogP contribution in [0, 0.1) is 0 Å². The quantitative estimate of drug-likeness (QED) is 0.791. The molecule has 0 bridgehead atoms. The summed E-state index contributed by atoms with van der Waals surface area (Å²) in [4.78, 5) is 0. The maximum atomic E-state index is 13.8. The van der Waals surface area contributed by atoms with Crippen LogP contribution < -0.4 is 10.5 Å². The summed E-state index contributed by atoms with van der Waals surface area (Å²) in [5.41, 5.74) is 5.92. The van der Waals surface area contributed by atoms with Gasteiger partial charge in [-0.05, 0) is 23.9 Å². The number of alkyl halides is 1. The molecule has 1 aromatic rings. The van der Waals surface area contributed by atoms with Crippen molar-refractivity contribution in [3.63, 3.8) is 0 Å². The first-order valence-electron chi connectivity index (χ1n) is 4.34. The minimum absolute atomic E-state index is 0.232. The van der Waals surface area contributed by atoms with Gasteiger partial charge in [0.25, 0.3) is 0 Å². The van der Waals surface area contributed by atoms with E-state index >= 15 is 0 Å². The molecule has 1 aromatic carbocycles. The van der Waals surface area contributed by atoms with Crippen LogP contribution in [-0.4, -0.2) is 5.19 Å². The van der Waals surface area contributed by atoms with Gasteiger partial charge in [0.1, 0.15) is 11.6 Å². The Morgan fingerprint density at radius 2 is 2.13 bits per heavy atom. The van der Waals surface area contributed by atoms with Gasteiger partial charge in [-0.3, -0.25) is 0 Å². The largest absolute Gasteiger partial charge is 0.446 e. The summed E-state index contributed by atoms with van der Waals surface area (Å²) in [6.45, 7) is 0. The monoisotopic (exact) mass is 229 g/mol. The molecule has 2 nitrogen and oxygen atoms in total. The second-order valence-corrected chi connectivity index (χ2v) is 4.24. The van der Waals surface area contributed by atoms with Crippen LogP contribution in [0.2, 0.25) is 0 Å². The summed E-state index contributed by atoms with van der Waals surface area (Å²) in [7, 11) is 0. The van der Waals surface area contributed by atoms with Crippen molar-refractivity contribution in [1.82, 2.24) is 0 Å². The fourth-order valence-electron chi connectivity index (χ4n) is 1.23. The Morgan fingerprint density at radius 3 is 2.73 bits per heavy atom. The third-order valence-electron chi connectivity index (χ3n) is 1.92. The molecule has 0 saturated carbocycles. The summed E-state index contributed by atoms with van der Waals surface area (Å²) in [6, 6.07) is 6.54. The van der Waals surface area contributed by atoms with Crippen LogP contribution >= 0.6 is 11.8 Å². The topological polar surface area (TPSA) is 35.2 Å². The van der Waals surface area contributed by atoms with Crippen molar-refractivity contribution in [3.8, 4) is 5.75 Å². The van der Waals surface area contributed by atoms with Gasteiger partial charge in [-0.15, -0.1) is 0 Å². The normalized spacial score (nSPS) is 25.1. The molecule has 0 aliphatic carbocycles. The van der Waals surface area contributed by atoms with Crippen molar-refractivity contribution in [2.45, 2.75) is 11.6 Å². The zero-order valence-corrected chi connectivity index (χ0v) is 8.56. The van der Waals surface area contributed by atoms with E-state index in [1.54, 1.807) is 24.3 Å². The second kappa shape index (κ2) is 3.73. The van der Waals surface area contributed by atoms with E-state index < -0.39 is 11.0 Å². The number of ether oxygens (including phenoxy) is 1. The predicted molar refractivity (Wildman–Crippen MR) is 56.7 cm³/mol. The minimum atomic E-state index is -2.07.